The first kappa shape index (κ1) is 14.8. The topological polar surface area (TPSA) is 84.3 Å². The Labute approximate surface area is 118 Å². The maximum Gasteiger partial charge on any atom is 0.413 e. The highest BCUT2D eigenvalue weighted by Crippen LogP contribution is 2.31. The predicted octanol–water partition coefficient (Wildman–Crippen LogP) is 2.28. The molecule has 0 aromatic carbocycles. The normalized spacial score (nSPS) is 15.6. The number of unbranched alkanes of at least 4 members (excludes halogenated alkanes) is 3. The summed E-state index contributed by atoms with van der Waals surface area (Å²) in [6.45, 7) is 4.75. The van der Waals surface area contributed by atoms with E-state index in [0.29, 0.717) is 32.0 Å². The first-order valence-corrected chi connectivity index (χ1v) is 7.28. The van der Waals surface area contributed by atoms with Gasteiger partial charge in [0.25, 0.3) is 0 Å². The Balaban J connectivity index is 2.11. The van der Waals surface area contributed by atoms with Crippen LogP contribution in [0.2, 0.25) is 0 Å². The molecule has 0 atom stereocenters. The van der Waals surface area contributed by atoms with Crippen LogP contribution in [-0.2, 0) is 11.2 Å². The van der Waals surface area contributed by atoms with E-state index in [2.05, 4.69) is 17.1 Å². The molecule has 1 aliphatic heterocycles. The Morgan fingerprint density at radius 2 is 2.10 bits per heavy atom. The van der Waals surface area contributed by atoms with Crippen LogP contribution >= 0.6 is 0 Å². The summed E-state index contributed by atoms with van der Waals surface area (Å²) in [7, 11) is 0. The number of anilines is 1. The van der Waals surface area contributed by atoms with Crippen molar-refractivity contribution < 1.29 is 9.66 Å². The fourth-order valence-corrected chi connectivity index (χ4v) is 2.51. The minimum atomic E-state index is -0.406. The maximum absolute atomic E-state index is 11.1. The second kappa shape index (κ2) is 7.23. The van der Waals surface area contributed by atoms with Gasteiger partial charge in [-0.05, 0) is 17.8 Å². The number of aryl methyl sites for hydroxylation is 1. The highest BCUT2D eigenvalue weighted by atomic mass is 16.6. The predicted molar refractivity (Wildman–Crippen MR) is 76.1 cm³/mol. The number of aromatic nitrogens is 2. The van der Waals surface area contributed by atoms with Gasteiger partial charge in [-0.2, -0.15) is 5.10 Å². The molecule has 1 saturated heterocycles. The van der Waals surface area contributed by atoms with Crippen molar-refractivity contribution in [2.24, 2.45) is 0 Å². The summed E-state index contributed by atoms with van der Waals surface area (Å²) in [5.41, 5.74) is 1.55. The number of nitro groups is 1. The van der Waals surface area contributed by atoms with Crippen LogP contribution in [0, 0.1) is 10.1 Å². The lowest BCUT2D eigenvalue weighted by Crippen LogP contribution is -2.36. The van der Waals surface area contributed by atoms with Crippen LogP contribution < -0.4 is 4.90 Å². The number of aromatic amines is 1. The van der Waals surface area contributed by atoms with Crippen molar-refractivity contribution in [2.45, 2.75) is 39.0 Å². The minimum absolute atomic E-state index is 0.0580. The summed E-state index contributed by atoms with van der Waals surface area (Å²) >= 11 is 0. The molecule has 0 bridgehead atoms. The zero-order valence-corrected chi connectivity index (χ0v) is 11.9. The quantitative estimate of drug-likeness (QED) is 0.471. The van der Waals surface area contributed by atoms with E-state index in [1.807, 2.05) is 4.90 Å². The van der Waals surface area contributed by atoms with Crippen molar-refractivity contribution in [2.75, 3.05) is 31.2 Å². The van der Waals surface area contributed by atoms with Crippen LogP contribution in [0.3, 0.4) is 0 Å². The van der Waals surface area contributed by atoms with Crippen LogP contribution in [-0.4, -0.2) is 41.4 Å². The summed E-state index contributed by atoms with van der Waals surface area (Å²) in [4.78, 5) is 12.7. The number of morpholine rings is 1. The molecule has 0 unspecified atom stereocenters. The van der Waals surface area contributed by atoms with Gasteiger partial charge in [-0.15, -0.1) is 0 Å². The van der Waals surface area contributed by atoms with Crippen LogP contribution in [0.15, 0.2) is 0 Å². The molecule has 1 fully saturated rings. The van der Waals surface area contributed by atoms with Crippen LogP contribution in [0.5, 0.6) is 0 Å². The van der Waals surface area contributed by atoms with Gasteiger partial charge in [0, 0.05) is 13.1 Å². The molecule has 0 radical (unpaired) electrons. The summed E-state index contributed by atoms with van der Waals surface area (Å²) in [6, 6.07) is 0. The Kier molecular flexibility index (Phi) is 5.34. The SMILES string of the molecule is CCCCCCc1[nH]nc([N+](=O)[O-])c1N1CCOCC1. The third-order valence-electron chi connectivity index (χ3n) is 3.57. The van der Waals surface area contributed by atoms with Gasteiger partial charge in [-0.1, -0.05) is 26.2 Å². The molecular formula is C13H22N4O3. The largest absolute Gasteiger partial charge is 0.413 e. The number of H-pyrrole nitrogens is 1. The monoisotopic (exact) mass is 282 g/mol. The van der Waals surface area contributed by atoms with E-state index < -0.39 is 4.92 Å². The number of hydrogen-bond acceptors (Lipinski definition) is 5. The van der Waals surface area contributed by atoms with Crippen LogP contribution in [0.4, 0.5) is 11.5 Å². The van der Waals surface area contributed by atoms with E-state index in [1.54, 1.807) is 0 Å². The molecule has 0 spiro atoms. The van der Waals surface area contributed by atoms with Crippen LogP contribution in [0.1, 0.15) is 38.3 Å². The molecule has 1 aromatic heterocycles. The number of hydrogen-bond donors (Lipinski definition) is 1. The molecule has 2 rings (SSSR count). The lowest BCUT2D eigenvalue weighted by molar-refractivity contribution is -0.388. The van der Waals surface area contributed by atoms with Gasteiger partial charge in [0.1, 0.15) is 0 Å². The number of nitrogens with one attached hydrogen (secondary N) is 1. The molecule has 1 aliphatic rings. The van der Waals surface area contributed by atoms with Crippen molar-refractivity contribution in [3.8, 4) is 0 Å². The molecule has 7 nitrogen and oxygen atoms in total. The van der Waals surface area contributed by atoms with E-state index in [9.17, 15) is 10.1 Å². The molecule has 2 heterocycles. The molecule has 20 heavy (non-hydrogen) atoms. The molecule has 1 aromatic rings. The van der Waals surface area contributed by atoms with Gasteiger partial charge in [0.15, 0.2) is 5.69 Å². The summed E-state index contributed by atoms with van der Waals surface area (Å²) in [6.07, 6.45) is 5.37. The lowest BCUT2D eigenvalue weighted by atomic mass is 10.1. The van der Waals surface area contributed by atoms with Crippen molar-refractivity contribution in [3.63, 3.8) is 0 Å². The first-order chi connectivity index (χ1) is 9.74. The van der Waals surface area contributed by atoms with Crippen molar-refractivity contribution >= 4 is 11.5 Å². The fraction of sp³-hybridized carbons (Fsp3) is 0.769. The van der Waals surface area contributed by atoms with Gasteiger partial charge in [0.05, 0.1) is 24.0 Å². The molecule has 0 aliphatic carbocycles. The van der Waals surface area contributed by atoms with Crippen molar-refractivity contribution in [3.05, 3.63) is 15.8 Å². The Morgan fingerprint density at radius 1 is 1.35 bits per heavy atom. The maximum atomic E-state index is 11.1. The van der Waals surface area contributed by atoms with Gasteiger partial charge >= 0.3 is 5.82 Å². The summed E-state index contributed by atoms with van der Waals surface area (Å²) < 4.78 is 5.31. The van der Waals surface area contributed by atoms with E-state index in [1.165, 1.54) is 12.8 Å². The van der Waals surface area contributed by atoms with Gasteiger partial charge in [-0.25, -0.2) is 0 Å². The second-order valence-corrected chi connectivity index (χ2v) is 5.04. The average Bonchev–Trinajstić information content (AvgIpc) is 2.88. The summed E-state index contributed by atoms with van der Waals surface area (Å²) in [5, 5.41) is 17.9. The van der Waals surface area contributed by atoms with E-state index >= 15 is 0 Å². The highest BCUT2D eigenvalue weighted by Gasteiger charge is 2.28. The molecule has 0 saturated carbocycles. The van der Waals surface area contributed by atoms with Crippen molar-refractivity contribution in [1.29, 1.82) is 0 Å². The molecule has 7 heteroatoms. The fourth-order valence-electron chi connectivity index (χ4n) is 2.51. The molecule has 112 valence electrons. The Bertz CT molecular complexity index is 441. The van der Waals surface area contributed by atoms with Crippen molar-refractivity contribution in [1.82, 2.24) is 10.2 Å². The molecule has 0 amide bonds. The van der Waals surface area contributed by atoms with E-state index in [4.69, 9.17) is 4.74 Å². The molecular weight excluding hydrogens is 260 g/mol. The lowest BCUT2D eigenvalue weighted by Gasteiger charge is -2.27. The zero-order valence-electron chi connectivity index (χ0n) is 11.9. The minimum Gasteiger partial charge on any atom is -0.378 e. The third-order valence-corrected chi connectivity index (χ3v) is 3.57. The van der Waals surface area contributed by atoms with E-state index in [0.717, 1.165) is 25.0 Å². The number of ether oxygens (including phenoxy) is 1. The Hall–Kier alpha value is -1.63. The van der Waals surface area contributed by atoms with Gasteiger partial charge < -0.3 is 19.8 Å². The second-order valence-electron chi connectivity index (χ2n) is 5.04. The summed E-state index contributed by atoms with van der Waals surface area (Å²) in [5.74, 6) is -0.0580. The standard InChI is InChI=1S/C13H22N4O3/c1-2-3-4-5-6-11-12(13(15-14-11)17(18)19)16-7-9-20-10-8-16/h2-10H2,1H3,(H,14,15). The highest BCUT2D eigenvalue weighted by molar-refractivity contribution is 5.63. The average molecular weight is 282 g/mol. The number of nitrogens with zero attached hydrogens (tertiary/aromatic N) is 3. The van der Waals surface area contributed by atoms with Gasteiger partial charge in [0.2, 0.25) is 0 Å². The van der Waals surface area contributed by atoms with Gasteiger partial charge in [-0.3, -0.25) is 0 Å². The third kappa shape index (κ3) is 3.47. The zero-order chi connectivity index (χ0) is 14.4. The van der Waals surface area contributed by atoms with E-state index in [-0.39, 0.29) is 5.82 Å². The first-order valence-electron chi connectivity index (χ1n) is 7.28. The smallest absolute Gasteiger partial charge is 0.378 e. The number of rotatable bonds is 7. The molecule has 1 N–H and O–H groups in total. The van der Waals surface area contributed by atoms with Crippen LogP contribution in [0.25, 0.3) is 0 Å². The Morgan fingerprint density at radius 3 is 2.75 bits per heavy atom.